The predicted octanol–water partition coefficient (Wildman–Crippen LogP) is 5.99. The highest BCUT2D eigenvalue weighted by Gasteiger charge is 2.40. The minimum atomic E-state index is -0.395. The highest BCUT2D eigenvalue weighted by molar-refractivity contribution is 9.10. The zero-order valence-corrected chi connectivity index (χ0v) is 13.7. The van der Waals surface area contributed by atoms with E-state index in [9.17, 15) is 8.78 Å². The van der Waals surface area contributed by atoms with Crippen molar-refractivity contribution >= 4 is 31.9 Å². The van der Waals surface area contributed by atoms with Gasteiger partial charge in [0.05, 0.1) is 4.47 Å². The van der Waals surface area contributed by atoms with Gasteiger partial charge in [-0.1, -0.05) is 22.4 Å². The van der Waals surface area contributed by atoms with Gasteiger partial charge in [-0.2, -0.15) is 0 Å². The van der Waals surface area contributed by atoms with Gasteiger partial charge >= 0.3 is 0 Å². The Bertz CT molecular complexity index is 489. The molecule has 0 nitrogen and oxygen atoms in total. The lowest BCUT2D eigenvalue weighted by Gasteiger charge is -2.24. The number of benzene rings is 1. The third-order valence-corrected chi connectivity index (χ3v) is 6.25. The molecular formula is C15H16Br2F2. The molecule has 3 rings (SSSR count). The van der Waals surface area contributed by atoms with Crippen molar-refractivity contribution in [3.05, 3.63) is 33.8 Å². The maximum Gasteiger partial charge on any atom is 0.137 e. The van der Waals surface area contributed by atoms with Crippen LogP contribution in [0.5, 0.6) is 0 Å². The van der Waals surface area contributed by atoms with Crippen LogP contribution in [0.3, 0.4) is 0 Å². The maximum atomic E-state index is 13.9. The number of hydrogen-bond acceptors (Lipinski definition) is 0. The van der Waals surface area contributed by atoms with Crippen LogP contribution in [0.2, 0.25) is 0 Å². The van der Waals surface area contributed by atoms with Crippen molar-refractivity contribution in [2.24, 2.45) is 17.8 Å². The van der Waals surface area contributed by atoms with Crippen LogP contribution in [0.1, 0.15) is 42.5 Å². The van der Waals surface area contributed by atoms with Crippen LogP contribution in [0, 0.1) is 29.4 Å². The van der Waals surface area contributed by atoms with E-state index in [2.05, 4.69) is 31.9 Å². The average Bonchev–Trinajstić information content (AvgIpc) is 2.95. The fourth-order valence-electron chi connectivity index (χ4n) is 3.84. The van der Waals surface area contributed by atoms with E-state index in [1.807, 2.05) is 0 Å². The molecule has 0 N–H and O–H groups in total. The number of rotatable bonds is 3. The Balaban J connectivity index is 1.73. The van der Waals surface area contributed by atoms with Gasteiger partial charge in [-0.05, 0) is 71.5 Å². The Labute approximate surface area is 129 Å². The van der Waals surface area contributed by atoms with Crippen LogP contribution in [-0.2, 0) is 0 Å². The lowest BCUT2D eigenvalue weighted by molar-refractivity contribution is 0.313. The van der Waals surface area contributed by atoms with Crippen LogP contribution in [0.25, 0.3) is 0 Å². The molecule has 4 heteroatoms. The molecule has 2 fully saturated rings. The third-order valence-electron chi connectivity index (χ3n) is 4.77. The van der Waals surface area contributed by atoms with E-state index in [0.717, 1.165) is 18.3 Å². The van der Waals surface area contributed by atoms with Crippen LogP contribution < -0.4 is 0 Å². The van der Waals surface area contributed by atoms with Crippen molar-refractivity contribution in [3.8, 4) is 0 Å². The first kappa shape index (κ1) is 14.0. The Morgan fingerprint density at radius 1 is 1.16 bits per heavy atom. The zero-order chi connectivity index (χ0) is 13.6. The molecule has 19 heavy (non-hydrogen) atoms. The second-order valence-electron chi connectivity index (χ2n) is 5.93. The standard InChI is InChI=1S/C15H16Br2F2/c16-12(5-10-4-8-1-2-9(10)3-8)11-6-15(19)13(17)7-14(11)18/h6-10,12H,1-5H2. The molecule has 4 unspecified atom stereocenters. The van der Waals surface area contributed by atoms with Crippen LogP contribution in [0.4, 0.5) is 8.78 Å². The number of hydrogen-bond donors (Lipinski definition) is 0. The highest BCUT2D eigenvalue weighted by atomic mass is 79.9. The molecule has 0 spiro atoms. The van der Waals surface area contributed by atoms with Crippen molar-refractivity contribution in [1.82, 2.24) is 0 Å². The first-order valence-corrected chi connectivity index (χ1v) is 8.54. The summed E-state index contributed by atoms with van der Waals surface area (Å²) in [6, 6.07) is 2.53. The summed E-state index contributed by atoms with van der Waals surface area (Å²) in [4.78, 5) is -0.0838. The molecule has 2 bridgehead atoms. The quantitative estimate of drug-likeness (QED) is 0.437. The van der Waals surface area contributed by atoms with Crippen molar-refractivity contribution < 1.29 is 8.78 Å². The van der Waals surface area contributed by atoms with E-state index < -0.39 is 5.82 Å². The molecule has 0 radical (unpaired) electrons. The topological polar surface area (TPSA) is 0 Å². The number of alkyl halides is 1. The van der Waals surface area contributed by atoms with Crippen molar-refractivity contribution in [2.45, 2.75) is 36.9 Å². The van der Waals surface area contributed by atoms with Crippen LogP contribution in [0.15, 0.2) is 16.6 Å². The summed E-state index contributed by atoms with van der Waals surface area (Å²) < 4.78 is 27.7. The summed E-state index contributed by atoms with van der Waals surface area (Å²) in [7, 11) is 0. The normalized spacial score (nSPS) is 30.8. The maximum absolute atomic E-state index is 13.9. The van der Waals surface area contributed by atoms with Gasteiger partial charge in [0.25, 0.3) is 0 Å². The highest BCUT2D eigenvalue weighted by Crippen LogP contribution is 2.52. The second kappa shape index (κ2) is 5.44. The van der Waals surface area contributed by atoms with Gasteiger partial charge in [0, 0.05) is 10.4 Å². The first-order valence-electron chi connectivity index (χ1n) is 6.83. The molecule has 1 aromatic carbocycles. The lowest BCUT2D eigenvalue weighted by atomic mass is 9.84. The molecule has 0 heterocycles. The van der Waals surface area contributed by atoms with Gasteiger partial charge in [0.15, 0.2) is 0 Å². The summed E-state index contributed by atoms with van der Waals surface area (Å²) >= 11 is 6.57. The SMILES string of the molecule is Fc1cc(C(Br)CC2CC3CCC2C3)c(F)cc1Br. The van der Waals surface area contributed by atoms with Gasteiger partial charge < -0.3 is 0 Å². The smallest absolute Gasteiger partial charge is 0.137 e. The largest absolute Gasteiger partial charge is 0.207 e. The number of halogens is 4. The Morgan fingerprint density at radius 3 is 2.58 bits per heavy atom. The third kappa shape index (κ3) is 2.76. The van der Waals surface area contributed by atoms with E-state index in [1.165, 1.54) is 37.8 Å². The fourth-order valence-corrected chi connectivity index (χ4v) is 4.98. The van der Waals surface area contributed by atoms with E-state index in [-0.39, 0.29) is 15.1 Å². The monoisotopic (exact) mass is 392 g/mol. The molecular weight excluding hydrogens is 378 g/mol. The fraction of sp³-hybridized carbons (Fsp3) is 0.600. The van der Waals surface area contributed by atoms with Crippen molar-refractivity contribution in [2.75, 3.05) is 0 Å². The molecule has 0 aliphatic heterocycles. The van der Waals surface area contributed by atoms with Gasteiger partial charge in [-0.3, -0.25) is 0 Å². The van der Waals surface area contributed by atoms with Gasteiger partial charge in [-0.25, -0.2) is 8.78 Å². The van der Waals surface area contributed by atoms with E-state index in [4.69, 9.17) is 0 Å². The summed E-state index contributed by atoms with van der Waals surface area (Å²) in [5, 5.41) is 0. The van der Waals surface area contributed by atoms with E-state index in [0.29, 0.717) is 11.5 Å². The van der Waals surface area contributed by atoms with Gasteiger partial charge in [0.2, 0.25) is 0 Å². The summed E-state index contributed by atoms with van der Waals surface area (Å²) in [6.07, 6.45) is 6.23. The van der Waals surface area contributed by atoms with Crippen molar-refractivity contribution in [3.63, 3.8) is 0 Å². The Hall–Kier alpha value is 0.0400. The molecule has 2 aliphatic rings. The summed E-state index contributed by atoms with van der Waals surface area (Å²) in [5.74, 6) is 1.65. The van der Waals surface area contributed by atoms with Crippen LogP contribution >= 0.6 is 31.9 Å². The summed E-state index contributed by atoms with van der Waals surface area (Å²) in [5.41, 5.74) is 0.448. The summed E-state index contributed by atoms with van der Waals surface area (Å²) in [6.45, 7) is 0. The zero-order valence-electron chi connectivity index (χ0n) is 10.5. The first-order chi connectivity index (χ1) is 9.04. The predicted molar refractivity (Wildman–Crippen MR) is 79.3 cm³/mol. The number of fused-ring (bicyclic) bond motifs is 2. The molecule has 2 saturated carbocycles. The molecule has 4 atom stereocenters. The Morgan fingerprint density at radius 2 is 1.95 bits per heavy atom. The van der Waals surface area contributed by atoms with E-state index in [1.54, 1.807) is 0 Å². The molecule has 104 valence electrons. The molecule has 0 amide bonds. The lowest BCUT2D eigenvalue weighted by Crippen LogP contribution is -2.13. The van der Waals surface area contributed by atoms with Crippen molar-refractivity contribution in [1.29, 1.82) is 0 Å². The second-order valence-corrected chi connectivity index (χ2v) is 7.89. The molecule has 2 aliphatic carbocycles. The van der Waals surface area contributed by atoms with Gasteiger partial charge in [-0.15, -0.1) is 0 Å². The molecule has 1 aromatic rings. The minimum Gasteiger partial charge on any atom is -0.207 e. The Kier molecular flexibility index (Phi) is 4.01. The van der Waals surface area contributed by atoms with E-state index >= 15 is 0 Å². The van der Waals surface area contributed by atoms with Crippen LogP contribution in [-0.4, -0.2) is 0 Å². The molecule has 0 aromatic heterocycles. The average molecular weight is 394 g/mol. The molecule has 0 saturated heterocycles. The van der Waals surface area contributed by atoms with Gasteiger partial charge in [0.1, 0.15) is 11.6 Å². The minimum absolute atomic E-state index is 0.0838.